The van der Waals surface area contributed by atoms with Crippen molar-refractivity contribution < 1.29 is 0 Å². The van der Waals surface area contributed by atoms with Crippen LogP contribution in [-0.2, 0) is 6.42 Å². The zero-order chi connectivity index (χ0) is 13.4. The predicted molar refractivity (Wildman–Crippen MR) is 80.2 cm³/mol. The third-order valence-electron chi connectivity index (χ3n) is 2.14. The zero-order valence-electron chi connectivity index (χ0n) is 10.3. The molecule has 0 aliphatic rings. The fourth-order valence-corrected chi connectivity index (χ4v) is 2.14. The smallest absolute Gasteiger partial charge is 0.212 e. The summed E-state index contributed by atoms with van der Waals surface area (Å²) in [6.45, 7) is 0.866. The van der Waals surface area contributed by atoms with Crippen LogP contribution in [0.2, 0.25) is 0 Å². The second-order valence-electron chi connectivity index (χ2n) is 3.62. The molecule has 0 atom stereocenters. The highest BCUT2D eigenvalue weighted by molar-refractivity contribution is 7.80. The first kappa shape index (κ1) is 14.7. The van der Waals surface area contributed by atoms with Gasteiger partial charge in [-0.15, -0.1) is 11.3 Å². The summed E-state index contributed by atoms with van der Waals surface area (Å²) >= 11 is 6.42. The van der Waals surface area contributed by atoms with Crippen LogP contribution in [0, 0.1) is 0 Å². The number of unbranched alkanes of at least 4 members (excludes halogenated alkanes) is 1. The first-order chi connectivity index (χ1) is 8.61. The average Bonchev–Trinajstić information content (AvgIpc) is 2.75. The van der Waals surface area contributed by atoms with E-state index in [1.165, 1.54) is 11.3 Å². The number of aliphatic imine (C=N–C) groups is 1. The highest BCUT2D eigenvalue weighted by Crippen LogP contribution is 2.19. The van der Waals surface area contributed by atoms with Gasteiger partial charge in [0.1, 0.15) is 0 Å². The molecule has 100 valence electrons. The second-order valence-corrected chi connectivity index (χ2v) is 4.87. The minimum atomic E-state index is 0.0423. The van der Waals surface area contributed by atoms with Gasteiger partial charge in [0.15, 0.2) is 11.1 Å². The molecule has 8 heteroatoms. The molecule has 0 aromatic carbocycles. The van der Waals surface area contributed by atoms with Crippen LogP contribution in [0.4, 0.5) is 5.13 Å². The molecule has 1 rings (SSSR count). The van der Waals surface area contributed by atoms with Gasteiger partial charge in [-0.05, 0) is 31.5 Å². The monoisotopic (exact) mass is 286 g/mol. The van der Waals surface area contributed by atoms with Crippen LogP contribution in [0.5, 0.6) is 0 Å². The topological polar surface area (TPSA) is 101 Å². The molecule has 6 nitrogen and oxygen atoms in total. The Hall–Kier alpha value is -1.41. The maximum absolute atomic E-state index is 5.28. The molecule has 0 fully saturated rings. The summed E-state index contributed by atoms with van der Waals surface area (Å²) in [6.07, 6.45) is 3.01. The van der Waals surface area contributed by atoms with Gasteiger partial charge in [-0.1, -0.05) is 0 Å². The van der Waals surface area contributed by atoms with Gasteiger partial charge in [0, 0.05) is 19.0 Å². The van der Waals surface area contributed by atoms with Crippen LogP contribution in [0.3, 0.4) is 0 Å². The fraction of sp³-hybridized carbons (Fsp3) is 0.500. The number of nitrogens with zero attached hydrogens (tertiary/aromatic N) is 2. The Morgan fingerprint density at radius 3 is 2.94 bits per heavy atom. The molecular formula is C10H18N6S2. The first-order valence-corrected chi connectivity index (χ1v) is 6.90. The Morgan fingerprint density at radius 2 is 2.28 bits per heavy atom. The molecule has 0 spiro atoms. The number of aromatic nitrogens is 1. The molecule has 0 aliphatic carbocycles. The Morgan fingerprint density at radius 1 is 1.50 bits per heavy atom. The molecule has 1 aromatic rings. The van der Waals surface area contributed by atoms with Gasteiger partial charge in [-0.3, -0.25) is 0 Å². The van der Waals surface area contributed by atoms with Crippen molar-refractivity contribution in [2.24, 2.45) is 16.5 Å². The molecule has 0 saturated carbocycles. The molecule has 0 amide bonds. The molecule has 0 saturated heterocycles. The molecule has 0 radical (unpaired) electrons. The number of thiazole rings is 1. The fourth-order valence-electron chi connectivity index (χ4n) is 1.29. The lowest BCUT2D eigenvalue weighted by molar-refractivity contribution is 0.699. The van der Waals surface area contributed by atoms with Crippen molar-refractivity contribution in [1.29, 1.82) is 0 Å². The Balaban J connectivity index is 2.21. The summed E-state index contributed by atoms with van der Waals surface area (Å²) in [5, 5.41) is 9.23. The molecule has 0 aliphatic heterocycles. The van der Waals surface area contributed by atoms with Crippen molar-refractivity contribution in [3.05, 3.63) is 11.1 Å². The van der Waals surface area contributed by atoms with E-state index in [0.717, 1.165) is 31.5 Å². The molecule has 1 aromatic heterocycles. The highest BCUT2D eigenvalue weighted by atomic mass is 32.1. The van der Waals surface area contributed by atoms with Gasteiger partial charge in [-0.25, -0.2) is 4.98 Å². The van der Waals surface area contributed by atoms with Gasteiger partial charge in [0.05, 0.1) is 5.69 Å². The third kappa shape index (κ3) is 5.78. The van der Waals surface area contributed by atoms with E-state index in [0.29, 0.717) is 10.2 Å². The van der Waals surface area contributed by atoms with Crippen molar-refractivity contribution in [3.8, 4) is 0 Å². The van der Waals surface area contributed by atoms with E-state index in [2.05, 4.69) is 20.6 Å². The Bertz CT molecular complexity index is 410. The summed E-state index contributed by atoms with van der Waals surface area (Å²) < 4.78 is 0. The predicted octanol–water partition coefficient (Wildman–Crippen LogP) is 0.465. The van der Waals surface area contributed by atoms with E-state index in [1.807, 2.05) is 5.38 Å². The minimum Gasteiger partial charge on any atom is -0.370 e. The van der Waals surface area contributed by atoms with E-state index in [1.54, 1.807) is 7.05 Å². The maximum atomic E-state index is 5.28. The third-order valence-corrected chi connectivity index (χ3v) is 3.27. The number of nitrogens with two attached hydrogens (primary N) is 2. The molecule has 6 N–H and O–H groups in total. The summed E-state index contributed by atoms with van der Waals surface area (Å²) in [5.74, 6) is 0.0423. The van der Waals surface area contributed by atoms with Crippen molar-refractivity contribution in [2.45, 2.75) is 19.3 Å². The molecule has 0 unspecified atom stereocenters. The second kappa shape index (κ2) is 7.83. The maximum Gasteiger partial charge on any atom is 0.212 e. The lowest BCUT2D eigenvalue weighted by Gasteiger charge is -2.05. The van der Waals surface area contributed by atoms with Gasteiger partial charge < -0.3 is 22.1 Å². The number of rotatable bonds is 6. The lowest BCUT2D eigenvalue weighted by Crippen LogP contribution is -2.32. The number of aryl methyl sites for hydroxylation is 1. The quantitative estimate of drug-likeness (QED) is 0.262. The molecular weight excluding hydrogens is 268 g/mol. The van der Waals surface area contributed by atoms with E-state index in [4.69, 9.17) is 23.7 Å². The molecule has 1 heterocycles. The SMILES string of the molecule is CNC(=S)NCCCCc1csc(N=C(N)N)n1. The van der Waals surface area contributed by atoms with Crippen LogP contribution in [0.15, 0.2) is 10.4 Å². The van der Waals surface area contributed by atoms with Crippen LogP contribution >= 0.6 is 23.6 Å². The number of guanidine groups is 1. The Labute approximate surface area is 116 Å². The van der Waals surface area contributed by atoms with Gasteiger partial charge in [0.2, 0.25) is 5.13 Å². The Kier molecular flexibility index (Phi) is 6.37. The van der Waals surface area contributed by atoms with E-state index in [-0.39, 0.29) is 5.96 Å². The van der Waals surface area contributed by atoms with Crippen molar-refractivity contribution in [3.63, 3.8) is 0 Å². The average molecular weight is 286 g/mol. The molecule has 18 heavy (non-hydrogen) atoms. The largest absolute Gasteiger partial charge is 0.370 e. The van der Waals surface area contributed by atoms with Crippen LogP contribution in [-0.4, -0.2) is 29.6 Å². The highest BCUT2D eigenvalue weighted by Gasteiger charge is 2.01. The van der Waals surface area contributed by atoms with Gasteiger partial charge in [-0.2, -0.15) is 4.99 Å². The first-order valence-electron chi connectivity index (χ1n) is 5.61. The number of thiocarbonyl (C=S) groups is 1. The van der Waals surface area contributed by atoms with Crippen molar-refractivity contribution >= 4 is 39.8 Å². The van der Waals surface area contributed by atoms with E-state index in [9.17, 15) is 0 Å². The van der Waals surface area contributed by atoms with E-state index < -0.39 is 0 Å². The summed E-state index contributed by atoms with van der Waals surface area (Å²) in [7, 11) is 1.80. The van der Waals surface area contributed by atoms with Crippen molar-refractivity contribution in [1.82, 2.24) is 15.6 Å². The number of hydrogen-bond acceptors (Lipinski definition) is 4. The normalized spacial score (nSPS) is 9.83. The lowest BCUT2D eigenvalue weighted by atomic mass is 10.2. The summed E-state index contributed by atoms with van der Waals surface area (Å²) in [4.78, 5) is 8.21. The van der Waals surface area contributed by atoms with Gasteiger partial charge >= 0.3 is 0 Å². The van der Waals surface area contributed by atoms with Crippen molar-refractivity contribution in [2.75, 3.05) is 13.6 Å². The standard InChI is InChI=1S/C10H18N6S2/c1-13-9(17)14-5-3-2-4-7-6-18-10(15-7)16-8(11)12/h6H,2-5H2,1H3,(H2,13,14,17)(H4,11,12,15,16). The van der Waals surface area contributed by atoms with Crippen LogP contribution in [0.25, 0.3) is 0 Å². The summed E-state index contributed by atoms with van der Waals surface area (Å²) in [6, 6.07) is 0. The van der Waals surface area contributed by atoms with Crippen LogP contribution in [0.1, 0.15) is 18.5 Å². The minimum absolute atomic E-state index is 0.0423. The summed E-state index contributed by atoms with van der Waals surface area (Å²) in [5.41, 5.74) is 11.6. The van der Waals surface area contributed by atoms with Crippen LogP contribution < -0.4 is 22.1 Å². The number of hydrogen-bond donors (Lipinski definition) is 4. The van der Waals surface area contributed by atoms with E-state index >= 15 is 0 Å². The molecule has 0 bridgehead atoms. The zero-order valence-corrected chi connectivity index (χ0v) is 11.9. The number of nitrogens with one attached hydrogen (secondary N) is 2. The van der Waals surface area contributed by atoms with Gasteiger partial charge in [0.25, 0.3) is 0 Å².